The molecule has 0 spiro atoms. The van der Waals surface area contributed by atoms with Crippen LogP contribution in [0.2, 0.25) is 0 Å². The lowest BCUT2D eigenvalue weighted by Crippen LogP contribution is -2.39. The van der Waals surface area contributed by atoms with Crippen molar-refractivity contribution < 1.29 is 9.26 Å². The largest absolute Gasteiger partial charge is 0.372 e. The van der Waals surface area contributed by atoms with E-state index in [4.69, 9.17) is 14.2 Å². The van der Waals surface area contributed by atoms with Gasteiger partial charge in [-0.3, -0.25) is 9.88 Å². The van der Waals surface area contributed by atoms with E-state index in [0.717, 1.165) is 50.2 Å². The minimum absolute atomic E-state index is 0.104. The van der Waals surface area contributed by atoms with Crippen molar-refractivity contribution in [1.82, 2.24) is 20.0 Å². The van der Waals surface area contributed by atoms with Crippen molar-refractivity contribution >= 4 is 0 Å². The van der Waals surface area contributed by atoms with Gasteiger partial charge in [-0.2, -0.15) is 4.98 Å². The number of aryl methyl sites for hydroxylation is 1. The second-order valence-corrected chi connectivity index (χ2v) is 9.34. The number of ether oxygens (including phenoxy) is 1. The van der Waals surface area contributed by atoms with E-state index < -0.39 is 0 Å². The first-order chi connectivity index (χ1) is 15.7. The molecule has 2 aliphatic rings. The number of aromatic nitrogens is 3. The molecule has 5 rings (SSSR count). The van der Waals surface area contributed by atoms with Crippen molar-refractivity contribution in [3.8, 4) is 0 Å². The van der Waals surface area contributed by atoms with Crippen LogP contribution in [0.4, 0.5) is 0 Å². The highest BCUT2D eigenvalue weighted by Gasteiger charge is 2.41. The number of pyridine rings is 1. The van der Waals surface area contributed by atoms with Crippen molar-refractivity contribution in [1.29, 1.82) is 0 Å². The zero-order valence-electron chi connectivity index (χ0n) is 18.9. The molecular weight excluding hydrogens is 400 g/mol. The van der Waals surface area contributed by atoms with Crippen molar-refractivity contribution in [2.45, 2.75) is 70.1 Å². The van der Waals surface area contributed by atoms with Gasteiger partial charge in [-0.25, -0.2) is 0 Å². The average Bonchev–Trinajstić information content (AvgIpc) is 3.50. The molecule has 1 saturated heterocycles. The highest BCUT2D eigenvalue weighted by atomic mass is 16.5. The fourth-order valence-corrected chi connectivity index (χ4v) is 5.19. The zero-order chi connectivity index (χ0) is 21.8. The van der Waals surface area contributed by atoms with Gasteiger partial charge in [-0.05, 0) is 56.3 Å². The maximum absolute atomic E-state index is 6.16. The number of nitrogens with zero attached hydrogens (tertiary/aromatic N) is 4. The van der Waals surface area contributed by atoms with Gasteiger partial charge in [0.2, 0.25) is 5.89 Å². The lowest BCUT2D eigenvalue weighted by Gasteiger charge is -2.31. The molecule has 2 aromatic heterocycles. The second-order valence-electron chi connectivity index (χ2n) is 9.34. The van der Waals surface area contributed by atoms with Gasteiger partial charge in [0, 0.05) is 18.9 Å². The standard InChI is InChI=1S/C26H32N4O2/c1-20-8-10-22(11-9-20)26(12-2-3-13-26)25-28-24(32-29-25)18-30-15-5-7-23(17-30)31-19-21-6-4-14-27-16-21/h4,6,8-11,14,16,23H,2-3,5,7,12-13,15,17-19H2,1H3/t23-/m0/s1. The summed E-state index contributed by atoms with van der Waals surface area (Å²) in [6.45, 7) is 5.35. The highest BCUT2D eigenvalue weighted by Crippen LogP contribution is 2.45. The topological polar surface area (TPSA) is 64.3 Å². The Labute approximate surface area is 190 Å². The lowest BCUT2D eigenvalue weighted by atomic mass is 9.78. The van der Waals surface area contributed by atoms with Crippen LogP contribution in [-0.2, 0) is 23.3 Å². The summed E-state index contributed by atoms with van der Waals surface area (Å²) in [5.41, 5.74) is 3.60. The Kier molecular flexibility index (Phi) is 6.32. The van der Waals surface area contributed by atoms with Gasteiger partial charge in [0.1, 0.15) is 0 Å². The molecule has 0 unspecified atom stereocenters. The predicted molar refractivity (Wildman–Crippen MR) is 122 cm³/mol. The van der Waals surface area contributed by atoms with Gasteiger partial charge < -0.3 is 9.26 Å². The molecular formula is C26H32N4O2. The van der Waals surface area contributed by atoms with Crippen LogP contribution in [0, 0.1) is 6.92 Å². The van der Waals surface area contributed by atoms with E-state index in [2.05, 4.69) is 52.3 Å². The van der Waals surface area contributed by atoms with Crippen LogP contribution in [0.15, 0.2) is 53.3 Å². The Morgan fingerprint density at radius 1 is 1.12 bits per heavy atom. The van der Waals surface area contributed by atoms with Crippen LogP contribution in [0.1, 0.15) is 66.9 Å². The third-order valence-electron chi connectivity index (χ3n) is 6.99. The number of hydrogen-bond acceptors (Lipinski definition) is 6. The van der Waals surface area contributed by atoms with Crippen molar-refractivity contribution in [2.24, 2.45) is 0 Å². The molecule has 168 valence electrons. The summed E-state index contributed by atoms with van der Waals surface area (Å²) in [5, 5.41) is 4.48. The van der Waals surface area contributed by atoms with Crippen molar-refractivity contribution in [2.75, 3.05) is 13.1 Å². The van der Waals surface area contributed by atoms with E-state index in [1.807, 2.05) is 12.3 Å². The summed E-state index contributed by atoms with van der Waals surface area (Å²) >= 11 is 0. The SMILES string of the molecule is Cc1ccc(C2(c3noc(CN4CCC[C@H](OCc5cccnc5)C4)n3)CCCC2)cc1. The molecule has 1 aliphatic heterocycles. The molecule has 0 radical (unpaired) electrons. The smallest absolute Gasteiger partial charge is 0.240 e. The van der Waals surface area contributed by atoms with E-state index in [1.54, 1.807) is 6.20 Å². The Hall–Kier alpha value is -2.57. The molecule has 0 bridgehead atoms. The molecule has 32 heavy (non-hydrogen) atoms. The van der Waals surface area contributed by atoms with E-state index in [1.165, 1.54) is 24.0 Å². The van der Waals surface area contributed by atoms with Crippen LogP contribution in [0.25, 0.3) is 0 Å². The number of likely N-dealkylation sites (tertiary alicyclic amines) is 1. The molecule has 2 fully saturated rings. The fourth-order valence-electron chi connectivity index (χ4n) is 5.19. The Morgan fingerprint density at radius 3 is 2.75 bits per heavy atom. The van der Waals surface area contributed by atoms with E-state index >= 15 is 0 Å². The average molecular weight is 433 g/mol. The van der Waals surface area contributed by atoms with E-state index in [0.29, 0.717) is 19.0 Å². The Balaban J connectivity index is 1.24. The summed E-state index contributed by atoms with van der Waals surface area (Å²) in [6, 6.07) is 12.9. The number of benzene rings is 1. The monoisotopic (exact) mass is 432 g/mol. The molecule has 1 atom stereocenters. The Bertz CT molecular complexity index is 996. The summed E-state index contributed by atoms with van der Waals surface area (Å²) < 4.78 is 11.9. The molecule has 1 aromatic carbocycles. The quantitative estimate of drug-likeness (QED) is 0.534. The molecule has 1 saturated carbocycles. The molecule has 3 aromatic rings. The highest BCUT2D eigenvalue weighted by molar-refractivity contribution is 5.35. The van der Waals surface area contributed by atoms with Crippen LogP contribution >= 0.6 is 0 Å². The van der Waals surface area contributed by atoms with Crippen molar-refractivity contribution in [3.63, 3.8) is 0 Å². The summed E-state index contributed by atoms with van der Waals surface area (Å²) in [4.78, 5) is 11.5. The van der Waals surface area contributed by atoms with Crippen LogP contribution in [0.5, 0.6) is 0 Å². The molecule has 0 N–H and O–H groups in total. The van der Waals surface area contributed by atoms with E-state index in [9.17, 15) is 0 Å². The fraction of sp³-hybridized carbons (Fsp3) is 0.500. The van der Waals surface area contributed by atoms with E-state index in [-0.39, 0.29) is 11.5 Å². The van der Waals surface area contributed by atoms with Gasteiger partial charge in [-0.15, -0.1) is 0 Å². The first-order valence-corrected chi connectivity index (χ1v) is 11.8. The summed E-state index contributed by atoms with van der Waals surface area (Å²) in [7, 11) is 0. The van der Waals surface area contributed by atoms with Gasteiger partial charge in [0.05, 0.1) is 24.7 Å². The first kappa shape index (κ1) is 21.3. The van der Waals surface area contributed by atoms with Gasteiger partial charge in [-0.1, -0.05) is 53.9 Å². The molecule has 3 heterocycles. The first-order valence-electron chi connectivity index (χ1n) is 11.8. The number of hydrogen-bond donors (Lipinski definition) is 0. The molecule has 6 nitrogen and oxygen atoms in total. The summed E-state index contributed by atoms with van der Waals surface area (Å²) in [6.07, 6.45) is 10.7. The minimum Gasteiger partial charge on any atom is -0.372 e. The van der Waals surface area contributed by atoms with Gasteiger partial charge in [0.15, 0.2) is 5.82 Å². The Morgan fingerprint density at radius 2 is 1.97 bits per heavy atom. The van der Waals surface area contributed by atoms with Crippen molar-refractivity contribution in [3.05, 3.63) is 77.2 Å². The molecule has 1 aliphatic carbocycles. The van der Waals surface area contributed by atoms with Gasteiger partial charge in [0.25, 0.3) is 0 Å². The zero-order valence-corrected chi connectivity index (χ0v) is 18.9. The lowest BCUT2D eigenvalue weighted by molar-refractivity contribution is -0.0142. The third-order valence-corrected chi connectivity index (χ3v) is 6.99. The third kappa shape index (κ3) is 4.62. The normalized spacial score (nSPS) is 21.1. The van der Waals surface area contributed by atoms with Crippen LogP contribution < -0.4 is 0 Å². The molecule has 6 heteroatoms. The second kappa shape index (κ2) is 9.51. The molecule has 0 amide bonds. The predicted octanol–water partition coefficient (Wildman–Crippen LogP) is 4.81. The number of rotatable bonds is 7. The minimum atomic E-state index is -0.104. The number of piperidine rings is 1. The van der Waals surface area contributed by atoms with Crippen LogP contribution in [0.3, 0.4) is 0 Å². The maximum Gasteiger partial charge on any atom is 0.240 e. The van der Waals surface area contributed by atoms with Crippen LogP contribution in [-0.4, -0.2) is 39.2 Å². The maximum atomic E-state index is 6.16. The summed E-state index contributed by atoms with van der Waals surface area (Å²) in [5.74, 6) is 1.57. The van der Waals surface area contributed by atoms with Gasteiger partial charge >= 0.3 is 0 Å².